The van der Waals surface area contributed by atoms with Gasteiger partial charge in [0.05, 0.1) is 11.1 Å². The van der Waals surface area contributed by atoms with Gasteiger partial charge in [0.15, 0.2) is 0 Å². The Labute approximate surface area is 83.3 Å². The van der Waals surface area contributed by atoms with Gasteiger partial charge in [-0.05, 0) is 33.6 Å². The second-order valence-electron chi connectivity index (χ2n) is 4.81. The van der Waals surface area contributed by atoms with Crippen LogP contribution in [-0.4, -0.2) is 16.3 Å². The number of nitrogens with zero attached hydrogens (tertiary/aromatic N) is 1. The molecule has 0 saturated carbocycles. The maximum absolute atomic E-state index is 12.0. The molecule has 0 atom stereocenters. The number of hydrogen-bond acceptors (Lipinski definition) is 2. The van der Waals surface area contributed by atoms with Gasteiger partial charge < -0.3 is 5.32 Å². The molecule has 0 unspecified atom stereocenters. The molecule has 0 aliphatic carbocycles. The smallest absolute Gasteiger partial charge is 0.272 e. The third-order valence-corrected chi connectivity index (χ3v) is 2.56. The maximum Gasteiger partial charge on any atom is 0.272 e. The Morgan fingerprint density at radius 1 is 1.36 bits per heavy atom. The van der Waals surface area contributed by atoms with Crippen LogP contribution in [0.2, 0.25) is 0 Å². The third-order valence-electron chi connectivity index (χ3n) is 2.56. The predicted octanol–water partition coefficient (Wildman–Crippen LogP) is 1.29. The van der Waals surface area contributed by atoms with Crippen molar-refractivity contribution in [2.75, 3.05) is 11.9 Å². The summed E-state index contributed by atoms with van der Waals surface area (Å²) in [6.07, 6.45) is 1.94. The molecule has 4 nitrogen and oxygen atoms in total. The normalized spacial score (nSPS) is 16.2. The summed E-state index contributed by atoms with van der Waals surface area (Å²) in [7, 11) is 0. The molecule has 0 spiro atoms. The monoisotopic (exact) mass is 195 g/mol. The number of anilines is 1. The number of hydrogen-bond donors (Lipinski definition) is 2. The lowest BCUT2D eigenvalue weighted by molar-refractivity contribution is 0.346. The molecular formula is C10H17N3O. The first-order valence-electron chi connectivity index (χ1n) is 5.08. The molecule has 78 valence electrons. The number of nitrogens with one attached hydrogen (secondary N) is 2. The van der Waals surface area contributed by atoms with Crippen molar-refractivity contribution in [1.29, 1.82) is 0 Å². The van der Waals surface area contributed by atoms with Gasteiger partial charge in [-0.25, -0.2) is 4.68 Å². The first-order valence-corrected chi connectivity index (χ1v) is 5.08. The number of aromatic nitrogens is 2. The highest BCUT2D eigenvalue weighted by atomic mass is 16.1. The van der Waals surface area contributed by atoms with Gasteiger partial charge in [0.1, 0.15) is 5.82 Å². The molecule has 1 aliphatic rings. The van der Waals surface area contributed by atoms with E-state index in [4.69, 9.17) is 0 Å². The summed E-state index contributed by atoms with van der Waals surface area (Å²) in [6, 6.07) is 0. The van der Waals surface area contributed by atoms with Gasteiger partial charge >= 0.3 is 0 Å². The molecule has 0 amide bonds. The minimum Gasteiger partial charge on any atom is -0.370 e. The molecule has 1 aliphatic heterocycles. The van der Waals surface area contributed by atoms with E-state index in [1.807, 2.05) is 20.8 Å². The zero-order chi connectivity index (χ0) is 10.3. The predicted molar refractivity (Wildman–Crippen MR) is 56.9 cm³/mol. The van der Waals surface area contributed by atoms with E-state index in [1.54, 1.807) is 4.68 Å². The molecule has 2 heterocycles. The van der Waals surface area contributed by atoms with Gasteiger partial charge in [-0.15, -0.1) is 0 Å². The topological polar surface area (TPSA) is 49.8 Å². The summed E-state index contributed by atoms with van der Waals surface area (Å²) in [5.74, 6) is 0.913. The summed E-state index contributed by atoms with van der Waals surface area (Å²) in [5, 5.41) is 6.35. The zero-order valence-electron chi connectivity index (χ0n) is 8.98. The van der Waals surface area contributed by atoms with Crippen molar-refractivity contribution in [3.8, 4) is 0 Å². The average Bonchev–Trinajstić information content (AvgIpc) is 2.44. The molecule has 4 heteroatoms. The molecule has 0 aromatic carbocycles. The van der Waals surface area contributed by atoms with Crippen LogP contribution in [0.5, 0.6) is 0 Å². The van der Waals surface area contributed by atoms with Crippen LogP contribution in [0.25, 0.3) is 0 Å². The highest BCUT2D eigenvalue weighted by Crippen LogP contribution is 2.19. The van der Waals surface area contributed by atoms with E-state index < -0.39 is 0 Å². The van der Waals surface area contributed by atoms with Crippen LogP contribution < -0.4 is 10.9 Å². The summed E-state index contributed by atoms with van der Waals surface area (Å²) in [4.78, 5) is 12.0. The van der Waals surface area contributed by atoms with Crippen molar-refractivity contribution in [2.45, 2.75) is 39.2 Å². The van der Waals surface area contributed by atoms with Crippen molar-refractivity contribution in [1.82, 2.24) is 9.78 Å². The van der Waals surface area contributed by atoms with Crippen molar-refractivity contribution in [3.05, 3.63) is 15.9 Å². The van der Waals surface area contributed by atoms with E-state index in [0.717, 1.165) is 30.8 Å². The van der Waals surface area contributed by atoms with E-state index in [0.29, 0.717) is 0 Å². The molecule has 1 aromatic rings. The largest absolute Gasteiger partial charge is 0.370 e. The molecule has 14 heavy (non-hydrogen) atoms. The van der Waals surface area contributed by atoms with Gasteiger partial charge in [-0.3, -0.25) is 9.89 Å². The Morgan fingerprint density at radius 2 is 2.07 bits per heavy atom. The van der Waals surface area contributed by atoms with Gasteiger partial charge in [-0.1, -0.05) is 0 Å². The van der Waals surface area contributed by atoms with E-state index in [1.165, 1.54) is 0 Å². The number of rotatable bonds is 0. The third kappa shape index (κ3) is 1.35. The quantitative estimate of drug-likeness (QED) is 0.655. The molecule has 2 N–H and O–H groups in total. The maximum atomic E-state index is 12.0. The Balaban J connectivity index is 2.55. The molecule has 1 aromatic heterocycles. The van der Waals surface area contributed by atoms with E-state index in [2.05, 4.69) is 10.4 Å². The Kier molecular flexibility index (Phi) is 1.94. The second kappa shape index (κ2) is 2.90. The fourth-order valence-electron chi connectivity index (χ4n) is 1.80. The van der Waals surface area contributed by atoms with E-state index in [-0.39, 0.29) is 11.1 Å². The number of fused-ring (bicyclic) bond motifs is 1. The van der Waals surface area contributed by atoms with Crippen molar-refractivity contribution >= 4 is 5.82 Å². The molecule has 0 radical (unpaired) electrons. The Hall–Kier alpha value is -1.19. The standard InChI is InChI=1S/C10H17N3O/c1-10(2,3)13-9(14)7-5-4-6-11-8(7)12-13/h11-12H,4-6H2,1-3H3. The van der Waals surface area contributed by atoms with Gasteiger partial charge in [0.2, 0.25) is 0 Å². The summed E-state index contributed by atoms with van der Waals surface area (Å²) in [5.41, 5.74) is 0.863. The van der Waals surface area contributed by atoms with Gasteiger partial charge in [0, 0.05) is 6.54 Å². The van der Waals surface area contributed by atoms with Crippen LogP contribution in [0.1, 0.15) is 32.8 Å². The highest BCUT2D eigenvalue weighted by molar-refractivity contribution is 5.45. The minimum absolute atomic E-state index is 0.125. The fraction of sp³-hybridized carbons (Fsp3) is 0.700. The molecule has 0 bridgehead atoms. The second-order valence-corrected chi connectivity index (χ2v) is 4.81. The Morgan fingerprint density at radius 3 is 2.64 bits per heavy atom. The van der Waals surface area contributed by atoms with E-state index >= 15 is 0 Å². The van der Waals surface area contributed by atoms with Crippen LogP contribution in [0.4, 0.5) is 5.82 Å². The van der Waals surface area contributed by atoms with Crippen molar-refractivity contribution in [2.24, 2.45) is 0 Å². The summed E-state index contributed by atoms with van der Waals surface area (Å²) >= 11 is 0. The van der Waals surface area contributed by atoms with Crippen LogP contribution in [0.15, 0.2) is 4.79 Å². The molecule has 2 rings (SSSR count). The SMILES string of the molecule is CC(C)(C)n1[nH]c2c(c1=O)CCCN2. The van der Waals surface area contributed by atoms with E-state index in [9.17, 15) is 4.79 Å². The lowest BCUT2D eigenvalue weighted by Crippen LogP contribution is -2.33. The molecule has 0 fully saturated rings. The van der Waals surface area contributed by atoms with Crippen LogP contribution in [0, 0.1) is 0 Å². The van der Waals surface area contributed by atoms with Crippen LogP contribution >= 0.6 is 0 Å². The zero-order valence-corrected chi connectivity index (χ0v) is 8.98. The lowest BCUT2D eigenvalue weighted by Gasteiger charge is -2.19. The highest BCUT2D eigenvalue weighted by Gasteiger charge is 2.23. The Bertz CT molecular complexity index is 394. The minimum atomic E-state index is -0.171. The van der Waals surface area contributed by atoms with Crippen molar-refractivity contribution in [3.63, 3.8) is 0 Å². The number of aromatic amines is 1. The van der Waals surface area contributed by atoms with Crippen LogP contribution in [0.3, 0.4) is 0 Å². The van der Waals surface area contributed by atoms with Crippen LogP contribution in [-0.2, 0) is 12.0 Å². The first kappa shape index (κ1) is 9.37. The first-order chi connectivity index (χ1) is 6.50. The van der Waals surface area contributed by atoms with Gasteiger partial charge in [-0.2, -0.15) is 0 Å². The van der Waals surface area contributed by atoms with Gasteiger partial charge in [0.25, 0.3) is 5.56 Å². The molecule has 0 saturated heterocycles. The number of H-pyrrole nitrogens is 1. The lowest BCUT2D eigenvalue weighted by atomic mass is 10.1. The average molecular weight is 195 g/mol. The fourth-order valence-corrected chi connectivity index (χ4v) is 1.80. The summed E-state index contributed by atoms with van der Waals surface area (Å²) < 4.78 is 1.70. The summed E-state index contributed by atoms with van der Waals surface area (Å²) in [6.45, 7) is 7.03. The molecular weight excluding hydrogens is 178 g/mol. The van der Waals surface area contributed by atoms with Crippen molar-refractivity contribution < 1.29 is 0 Å².